The molecule has 1 N–H and O–H groups in total. The minimum atomic E-state index is -3.48. The van der Waals surface area contributed by atoms with Gasteiger partial charge in [0.05, 0.1) is 4.90 Å². The Morgan fingerprint density at radius 1 is 0.839 bits per heavy atom. The van der Waals surface area contributed by atoms with Crippen LogP contribution in [0.25, 0.3) is 11.1 Å². The zero-order valence-electron chi connectivity index (χ0n) is 17.5. The molecule has 160 valence electrons. The number of carbonyl (C=O) groups is 1. The first-order valence-electron chi connectivity index (χ1n) is 10.5. The van der Waals surface area contributed by atoms with Crippen LogP contribution in [0.3, 0.4) is 0 Å². The summed E-state index contributed by atoms with van der Waals surface area (Å²) in [5.41, 5.74) is 4.12. The molecular weight excluding hydrogens is 408 g/mol. The van der Waals surface area contributed by atoms with E-state index in [1.165, 1.54) is 0 Å². The van der Waals surface area contributed by atoms with Crippen molar-refractivity contribution in [1.82, 2.24) is 4.31 Å². The van der Waals surface area contributed by atoms with Gasteiger partial charge in [-0.1, -0.05) is 48.9 Å². The van der Waals surface area contributed by atoms with Gasteiger partial charge in [0, 0.05) is 24.3 Å². The summed E-state index contributed by atoms with van der Waals surface area (Å²) < 4.78 is 27.1. The van der Waals surface area contributed by atoms with E-state index in [-0.39, 0.29) is 10.8 Å². The monoisotopic (exact) mass is 434 g/mol. The normalized spacial score (nSPS) is 14.9. The quantitative estimate of drug-likeness (QED) is 0.608. The van der Waals surface area contributed by atoms with Crippen LogP contribution < -0.4 is 5.32 Å². The zero-order valence-corrected chi connectivity index (χ0v) is 18.4. The summed E-state index contributed by atoms with van der Waals surface area (Å²) in [6.07, 6.45) is 2.87. The summed E-state index contributed by atoms with van der Waals surface area (Å²) in [6, 6.07) is 22.0. The van der Waals surface area contributed by atoms with Crippen molar-refractivity contribution >= 4 is 21.6 Å². The van der Waals surface area contributed by atoms with Gasteiger partial charge in [0.15, 0.2) is 0 Å². The highest BCUT2D eigenvalue weighted by Crippen LogP contribution is 2.27. The molecule has 4 rings (SSSR count). The molecule has 6 heteroatoms. The third-order valence-electron chi connectivity index (χ3n) is 5.73. The molecule has 0 aliphatic carbocycles. The van der Waals surface area contributed by atoms with Crippen molar-refractivity contribution in [3.8, 4) is 11.1 Å². The molecule has 0 unspecified atom stereocenters. The van der Waals surface area contributed by atoms with Crippen molar-refractivity contribution in [2.24, 2.45) is 0 Å². The maximum absolute atomic E-state index is 12.9. The van der Waals surface area contributed by atoms with Crippen LogP contribution in [0, 0.1) is 6.92 Å². The molecule has 1 saturated heterocycles. The van der Waals surface area contributed by atoms with E-state index in [4.69, 9.17) is 0 Å². The van der Waals surface area contributed by atoms with Gasteiger partial charge in [-0.3, -0.25) is 4.79 Å². The first-order chi connectivity index (χ1) is 15.0. The summed E-state index contributed by atoms with van der Waals surface area (Å²) in [6.45, 7) is 3.07. The number of nitrogens with zero attached hydrogens (tertiary/aromatic N) is 1. The number of sulfonamides is 1. The molecule has 0 atom stereocenters. The van der Waals surface area contributed by atoms with Crippen LogP contribution in [0.5, 0.6) is 0 Å². The lowest BCUT2D eigenvalue weighted by Crippen LogP contribution is -2.35. The van der Waals surface area contributed by atoms with E-state index >= 15 is 0 Å². The fourth-order valence-corrected chi connectivity index (χ4v) is 5.49. The van der Waals surface area contributed by atoms with E-state index in [1.54, 1.807) is 34.6 Å². The summed E-state index contributed by atoms with van der Waals surface area (Å²) >= 11 is 0. The van der Waals surface area contributed by atoms with Gasteiger partial charge in [-0.05, 0) is 66.8 Å². The second-order valence-electron chi connectivity index (χ2n) is 7.79. The van der Waals surface area contributed by atoms with Gasteiger partial charge in [0.1, 0.15) is 0 Å². The van der Waals surface area contributed by atoms with Crippen LogP contribution in [-0.2, 0) is 10.0 Å². The fraction of sp³-hybridized carbons (Fsp3) is 0.240. The van der Waals surface area contributed by atoms with Gasteiger partial charge in [0.2, 0.25) is 10.0 Å². The van der Waals surface area contributed by atoms with Gasteiger partial charge in [-0.15, -0.1) is 0 Å². The van der Waals surface area contributed by atoms with Gasteiger partial charge in [0.25, 0.3) is 5.91 Å². The van der Waals surface area contributed by atoms with Crippen LogP contribution >= 0.6 is 0 Å². The average molecular weight is 435 g/mol. The lowest BCUT2D eigenvalue weighted by Gasteiger charge is -2.25. The van der Waals surface area contributed by atoms with Crippen molar-refractivity contribution in [2.45, 2.75) is 31.1 Å². The van der Waals surface area contributed by atoms with Crippen molar-refractivity contribution < 1.29 is 13.2 Å². The predicted molar refractivity (Wildman–Crippen MR) is 124 cm³/mol. The van der Waals surface area contributed by atoms with Crippen LogP contribution in [0.4, 0.5) is 5.69 Å². The van der Waals surface area contributed by atoms with Crippen molar-refractivity contribution in [3.63, 3.8) is 0 Å². The Kier molecular flexibility index (Phi) is 6.20. The Balaban J connectivity index is 1.52. The minimum Gasteiger partial charge on any atom is -0.322 e. The van der Waals surface area contributed by atoms with E-state index in [2.05, 4.69) is 5.32 Å². The summed E-state index contributed by atoms with van der Waals surface area (Å²) in [4.78, 5) is 13.2. The molecule has 3 aromatic rings. The number of piperidine rings is 1. The first-order valence-corrected chi connectivity index (χ1v) is 12.0. The van der Waals surface area contributed by atoms with Gasteiger partial charge < -0.3 is 5.32 Å². The van der Waals surface area contributed by atoms with Crippen molar-refractivity contribution in [2.75, 3.05) is 18.4 Å². The molecule has 0 spiro atoms. The van der Waals surface area contributed by atoms with E-state index in [0.717, 1.165) is 36.0 Å². The maximum Gasteiger partial charge on any atom is 0.255 e. The highest BCUT2D eigenvalue weighted by molar-refractivity contribution is 7.89. The highest BCUT2D eigenvalue weighted by Gasteiger charge is 2.25. The largest absolute Gasteiger partial charge is 0.322 e. The van der Waals surface area contributed by atoms with Crippen LogP contribution in [0.2, 0.25) is 0 Å². The molecule has 1 fully saturated rings. The Morgan fingerprint density at radius 3 is 2.19 bits per heavy atom. The predicted octanol–water partition coefficient (Wildman–Crippen LogP) is 5.09. The summed E-state index contributed by atoms with van der Waals surface area (Å²) in [5.74, 6) is -0.220. The van der Waals surface area contributed by atoms with Crippen LogP contribution in [-0.4, -0.2) is 31.7 Å². The van der Waals surface area contributed by atoms with E-state index in [1.807, 2.05) is 49.4 Å². The Morgan fingerprint density at radius 2 is 1.52 bits per heavy atom. The fourth-order valence-electron chi connectivity index (χ4n) is 3.98. The third-order valence-corrected chi connectivity index (χ3v) is 7.64. The number of carbonyl (C=O) groups excluding carboxylic acids is 1. The number of amides is 1. The van der Waals surface area contributed by atoms with Crippen molar-refractivity contribution in [3.05, 3.63) is 83.9 Å². The number of hydrogen-bond donors (Lipinski definition) is 1. The smallest absolute Gasteiger partial charge is 0.255 e. The number of nitrogens with one attached hydrogen (secondary N) is 1. The maximum atomic E-state index is 12.9. The van der Waals surface area contributed by atoms with E-state index in [0.29, 0.717) is 24.3 Å². The SMILES string of the molecule is Cc1c(C(=O)Nc2ccc(S(=O)(=O)N3CCCCC3)cc2)cccc1-c1ccccc1. The standard InChI is InChI=1S/C25H26N2O3S/c1-19-23(20-9-4-2-5-10-20)11-8-12-24(19)25(28)26-21-13-15-22(16-14-21)31(29,30)27-17-6-3-7-18-27/h2,4-5,8-16H,3,6-7,17-18H2,1H3,(H,26,28). The molecule has 1 aliphatic heterocycles. The molecule has 0 radical (unpaired) electrons. The van der Waals surface area contributed by atoms with Crippen LogP contribution in [0.15, 0.2) is 77.7 Å². The second-order valence-corrected chi connectivity index (χ2v) is 9.73. The molecule has 31 heavy (non-hydrogen) atoms. The molecule has 3 aromatic carbocycles. The first kappa shape index (κ1) is 21.3. The molecule has 5 nitrogen and oxygen atoms in total. The summed E-state index contributed by atoms with van der Waals surface area (Å²) in [5, 5.41) is 2.89. The number of hydrogen-bond acceptors (Lipinski definition) is 3. The van der Waals surface area contributed by atoms with E-state index < -0.39 is 10.0 Å². The lowest BCUT2D eigenvalue weighted by atomic mass is 9.96. The second kappa shape index (κ2) is 9.04. The van der Waals surface area contributed by atoms with Crippen LogP contribution in [0.1, 0.15) is 35.2 Å². The molecule has 0 aromatic heterocycles. The Bertz CT molecular complexity index is 1170. The lowest BCUT2D eigenvalue weighted by molar-refractivity contribution is 0.102. The van der Waals surface area contributed by atoms with Gasteiger partial charge >= 0.3 is 0 Å². The van der Waals surface area contributed by atoms with Gasteiger partial charge in [-0.2, -0.15) is 4.31 Å². The highest BCUT2D eigenvalue weighted by atomic mass is 32.2. The topological polar surface area (TPSA) is 66.5 Å². The molecular formula is C25H26N2O3S. The molecule has 1 amide bonds. The number of rotatable bonds is 5. The number of anilines is 1. The average Bonchev–Trinajstić information content (AvgIpc) is 2.80. The molecule has 0 bridgehead atoms. The summed E-state index contributed by atoms with van der Waals surface area (Å²) in [7, 11) is -3.48. The van der Waals surface area contributed by atoms with Gasteiger partial charge in [-0.25, -0.2) is 8.42 Å². The minimum absolute atomic E-state index is 0.220. The number of benzene rings is 3. The molecule has 1 aliphatic rings. The Hall–Kier alpha value is -2.96. The molecule has 0 saturated carbocycles. The third kappa shape index (κ3) is 4.55. The molecule has 1 heterocycles. The van der Waals surface area contributed by atoms with E-state index in [9.17, 15) is 13.2 Å². The Labute approximate surface area is 183 Å². The zero-order chi connectivity index (χ0) is 21.8. The van der Waals surface area contributed by atoms with Crippen molar-refractivity contribution in [1.29, 1.82) is 0 Å².